The average Bonchev–Trinajstić information content (AvgIpc) is 3.26. The molecule has 0 spiro atoms. The van der Waals surface area contributed by atoms with E-state index in [4.69, 9.17) is 4.74 Å². The summed E-state index contributed by atoms with van der Waals surface area (Å²) in [7, 11) is 3.78. The molecular weight excluding hydrogens is 418 g/mol. The van der Waals surface area contributed by atoms with Crippen LogP contribution in [0.3, 0.4) is 0 Å². The molecule has 2 N–H and O–H groups in total. The van der Waals surface area contributed by atoms with E-state index in [9.17, 15) is 9.59 Å². The highest BCUT2D eigenvalue weighted by Gasteiger charge is 2.15. The first-order valence-electron chi connectivity index (χ1n) is 10.5. The lowest BCUT2D eigenvalue weighted by Crippen LogP contribution is -2.41. The maximum absolute atomic E-state index is 12.7. The third-order valence-corrected chi connectivity index (χ3v) is 5.15. The number of pyridine rings is 1. The molecule has 0 saturated heterocycles. The smallest absolute Gasteiger partial charge is 0.273 e. The Morgan fingerprint density at radius 2 is 1.79 bits per heavy atom. The van der Waals surface area contributed by atoms with Crippen molar-refractivity contribution in [3.8, 4) is 5.75 Å². The molecule has 8 heteroatoms. The maximum Gasteiger partial charge on any atom is 0.273 e. The summed E-state index contributed by atoms with van der Waals surface area (Å²) in [4.78, 5) is 31.7. The number of rotatable bonds is 6. The molecule has 0 aliphatic rings. The van der Waals surface area contributed by atoms with Gasteiger partial charge < -0.3 is 14.0 Å². The second-order valence-electron chi connectivity index (χ2n) is 7.79. The van der Waals surface area contributed by atoms with Gasteiger partial charge in [-0.15, -0.1) is 0 Å². The molecule has 0 fully saturated rings. The number of anilines is 1. The second kappa shape index (κ2) is 9.44. The van der Waals surface area contributed by atoms with Gasteiger partial charge in [0.1, 0.15) is 18.0 Å². The van der Waals surface area contributed by atoms with Crippen LogP contribution in [0.1, 0.15) is 32.0 Å². The largest absolute Gasteiger partial charge is 0.486 e. The quantitative estimate of drug-likeness (QED) is 0.446. The average molecular weight is 444 g/mol. The molecule has 0 saturated carbocycles. The second-order valence-corrected chi connectivity index (χ2v) is 7.79. The first-order chi connectivity index (χ1) is 15.9. The minimum Gasteiger partial charge on any atom is -0.486 e. The van der Waals surface area contributed by atoms with Crippen LogP contribution < -0.4 is 20.5 Å². The summed E-state index contributed by atoms with van der Waals surface area (Å²) >= 11 is 0. The van der Waals surface area contributed by atoms with Gasteiger partial charge in [0, 0.05) is 37.7 Å². The number of fused-ring (bicyclic) bond motifs is 1. The highest BCUT2D eigenvalue weighted by molar-refractivity contribution is 6.00. The molecule has 0 atom stereocenters. The van der Waals surface area contributed by atoms with E-state index in [2.05, 4.69) is 15.8 Å². The molecule has 0 unspecified atom stereocenters. The van der Waals surface area contributed by atoms with Crippen LogP contribution in [0.5, 0.6) is 5.75 Å². The van der Waals surface area contributed by atoms with Crippen molar-refractivity contribution >= 4 is 23.1 Å². The highest BCUT2D eigenvalue weighted by atomic mass is 16.5. The molecule has 168 valence electrons. The summed E-state index contributed by atoms with van der Waals surface area (Å²) in [6, 6.07) is 17.9. The first kappa shape index (κ1) is 21.9. The molecule has 4 rings (SSSR count). The summed E-state index contributed by atoms with van der Waals surface area (Å²) in [5.74, 6) is -0.494. The normalized spacial score (nSPS) is 10.6. The number of nitrogens with zero attached hydrogens (tertiary/aromatic N) is 3. The van der Waals surface area contributed by atoms with Crippen LogP contribution in [0.2, 0.25) is 0 Å². The number of imidazole rings is 1. The van der Waals surface area contributed by atoms with E-state index in [-0.39, 0.29) is 6.61 Å². The number of hydrazine groups is 1. The number of benzene rings is 2. The Balaban J connectivity index is 1.42. The predicted octanol–water partition coefficient (Wildman–Crippen LogP) is 3.36. The van der Waals surface area contributed by atoms with Gasteiger partial charge in [-0.1, -0.05) is 24.3 Å². The molecule has 33 heavy (non-hydrogen) atoms. The van der Waals surface area contributed by atoms with Gasteiger partial charge in [-0.25, -0.2) is 4.98 Å². The van der Waals surface area contributed by atoms with E-state index in [1.54, 1.807) is 42.5 Å². The number of para-hydroxylation sites is 1. The molecule has 2 heterocycles. The number of hydrogen-bond acceptors (Lipinski definition) is 5. The molecule has 0 aliphatic heterocycles. The van der Waals surface area contributed by atoms with E-state index in [0.717, 1.165) is 22.6 Å². The van der Waals surface area contributed by atoms with E-state index in [0.29, 0.717) is 16.9 Å². The van der Waals surface area contributed by atoms with Crippen LogP contribution in [0.25, 0.3) is 5.65 Å². The molecule has 8 nitrogen and oxygen atoms in total. The Morgan fingerprint density at radius 1 is 1.00 bits per heavy atom. The van der Waals surface area contributed by atoms with Crippen molar-refractivity contribution in [2.24, 2.45) is 0 Å². The van der Waals surface area contributed by atoms with E-state index in [1.807, 2.05) is 60.9 Å². The van der Waals surface area contributed by atoms with Crippen molar-refractivity contribution < 1.29 is 14.3 Å². The van der Waals surface area contributed by atoms with Gasteiger partial charge in [0.2, 0.25) is 0 Å². The zero-order chi connectivity index (χ0) is 23.4. The van der Waals surface area contributed by atoms with Gasteiger partial charge in [0.25, 0.3) is 11.8 Å². The Hall–Kier alpha value is -4.33. The summed E-state index contributed by atoms with van der Waals surface area (Å²) in [5, 5.41) is 0. The number of hydrogen-bond donors (Lipinski definition) is 2. The Kier molecular flexibility index (Phi) is 6.26. The molecule has 2 aromatic carbocycles. The van der Waals surface area contributed by atoms with Crippen LogP contribution >= 0.6 is 0 Å². The Morgan fingerprint density at radius 3 is 2.58 bits per heavy atom. The van der Waals surface area contributed by atoms with Crippen LogP contribution in [-0.4, -0.2) is 35.3 Å². The lowest BCUT2D eigenvalue weighted by Gasteiger charge is -2.14. The molecular formula is C25H25N5O3. The van der Waals surface area contributed by atoms with Crippen LogP contribution in [0.15, 0.2) is 73.1 Å². The van der Waals surface area contributed by atoms with E-state index in [1.165, 1.54) is 0 Å². The monoisotopic (exact) mass is 443 g/mol. The van der Waals surface area contributed by atoms with Crippen molar-refractivity contribution in [1.29, 1.82) is 0 Å². The van der Waals surface area contributed by atoms with Crippen LogP contribution in [0, 0.1) is 6.92 Å². The number of nitrogens with one attached hydrogen (secondary N) is 2. The fraction of sp³-hybridized carbons (Fsp3) is 0.160. The zero-order valence-electron chi connectivity index (χ0n) is 18.7. The standard InChI is InChI=1S/C25H25N5O3/c1-17-8-7-13-30-15-19(26-23(17)30)16-33-22-12-5-4-11-21(22)25(32)28-27-24(31)18-9-6-10-20(14-18)29(2)3/h4-15H,16H2,1-3H3,(H,27,31)(H,28,32). The molecule has 0 radical (unpaired) electrons. The molecule has 0 aliphatic carbocycles. The fourth-order valence-corrected chi connectivity index (χ4v) is 3.38. The third kappa shape index (κ3) is 4.95. The summed E-state index contributed by atoms with van der Waals surface area (Å²) in [6.45, 7) is 2.20. The summed E-state index contributed by atoms with van der Waals surface area (Å²) < 4.78 is 7.83. The molecule has 2 aromatic heterocycles. The van der Waals surface area contributed by atoms with Crippen molar-refractivity contribution in [3.63, 3.8) is 0 Å². The Bertz CT molecular complexity index is 1310. The van der Waals surface area contributed by atoms with Crippen molar-refractivity contribution in [2.75, 3.05) is 19.0 Å². The van der Waals surface area contributed by atoms with E-state index < -0.39 is 11.8 Å². The first-order valence-corrected chi connectivity index (χ1v) is 10.5. The fourth-order valence-electron chi connectivity index (χ4n) is 3.38. The maximum atomic E-state index is 12.7. The van der Waals surface area contributed by atoms with Gasteiger partial charge in [-0.3, -0.25) is 20.4 Å². The topological polar surface area (TPSA) is 88.0 Å². The number of amides is 2. The number of ether oxygens (including phenoxy) is 1. The third-order valence-electron chi connectivity index (χ3n) is 5.15. The lowest BCUT2D eigenvalue weighted by molar-refractivity contribution is 0.0844. The predicted molar refractivity (Wildman–Crippen MR) is 126 cm³/mol. The number of aromatic nitrogens is 2. The van der Waals surface area contributed by atoms with Gasteiger partial charge in [-0.05, 0) is 48.9 Å². The van der Waals surface area contributed by atoms with Gasteiger partial charge in [-0.2, -0.15) is 0 Å². The zero-order valence-corrected chi connectivity index (χ0v) is 18.7. The SMILES string of the molecule is Cc1cccn2cc(COc3ccccc3C(=O)NNC(=O)c3cccc(N(C)C)c3)nc12. The number of carbonyl (C=O) groups excluding carboxylic acids is 2. The number of aryl methyl sites for hydroxylation is 1. The molecule has 0 bridgehead atoms. The summed E-state index contributed by atoms with van der Waals surface area (Å²) in [6.07, 6.45) is 3.82. The number of carbonyl (C=O) groups is 2. The lowest BCUT2D eigenvalue weighted by atomic mass is 10.2. The van der Waals surface area contributed by atoms with Crippen molar-refractivity contribution in [1.82, 2.24) is 20.2 Å². The van der Waals surface area contributed by atoms with Gasteiger partial charge in [0.15, 0.2) is 0 Å². The molecule has 4 aromatic rings. The minimum absolute atomic E-state index is 0.203. The van der Waals surface area contributed by atoms with Crippen molar-refractivity contribution in [3.05, 3.63) is 95.4 Å². The van der Waals surface area contributed by atoms with E-state index >= 15 is 0 Å². The summed E-state index contributed by atoms with van der Waals surface area (Å²) in [5.41, 5.74) is 9.22. The van der Waals surface area contributed by atoms with Crippen LogP contribution in [-0.2, 0) is 6.61 Å². The van der Waals surface area contributed by atoms with Gasteiger partial charge >= 0.3 is 0 Å². The molecule has 2 amide bonds. The van der Waals surface area contributed by atoms with Crippen molar-refractivity contribution in [2.45, 2.75) is 13.5 Å². The van der Waals surface area contributed by atoms with Gasteiger partial charge in [0.05, 0.1) is 11.3 Å². The highest BCUT2D eigenvalue weighted by Crippen LogP contribution is 2.20. The Labute approximate surface area is 191 Å². The minimum atomic E-state index is -0.478. The van der Waals surface area contributed by atoms with Crippen LogP contribution in [0.4, 0.5) is 5.69 Å².